The van der Waals surface area contributed by atoms with Gasteiger partial charge < -0.3 is 10.6 Å². The summed E-state index contributed by atoms with van der Waals surface area (Å²) in [4.78, 5) is 14.1. The number of carbonyl (C=O) groups is 1. The smallest absolute Gasteiger partial charge is 0.222 e. The molecular weight excluding hydrogens is 224 g/mol. The molecule has 0 aliphatic carbocycles. The largest absolute Gasteiger partial charge is 0.343 e. The molecule has 0 atom stereocenters. The van der Waals surface area contributed by atoms with E-state index in [-0.39, 0.29) is 0 Å². The number of rotatable bonds is 8. The number of nitrogens with zero attached hydrogens (tertiary/aromatic N) is 1. The van der Waals surface area contributed by atoms with E-state index in [0.29, 0.717) is 5.91 Å². The lowest BCUT2D eigenvalue weighted by Gasteiger charge is -2.20. The number of carbonyl (C=O) groups excluding carboxylic acids is 1. The van der Waals surface area contributed by atoms with Crippen molar-refractivity contribution in [2.75, 3.05) is 19.6 Å². The summed E-state index contributed by atoms with van der Waals surface area (Å²) < 4.78 is 0. The van der Waals surface area contributed by atoms with Crippen LogP contribution in [0.5, 0.6) is 0 Å². The van der Waals surface area contributed by atoms with Crippen molar-refractivity contribution >= 4 is 5.91 Å². The molecule has 1 aliphatic heterocycles. The Kier molecular flexibility index (Phi) is 8.92. The van der Waals surface area contributed by atoms with Gasteiger partial charge in [-0.1, -0.05) is 38.5 Å². The first-order valence-electron chi connectivity index (χ1n) is 7.82. The van der Waals surface area contributed by atoms with Gasteiger partial charge >= 0.3 is 0 Å². The van der Waals surface area contributed by atoms with Crippen LogP contribution < -0.4 is 5.73 Å². The lowest BCUT2D eigenvalue weighted by Crippen LogP contribution is -2.31. The fourth-order valence-electron chi connectivity index (χ4n) is 2.61. The summed E-state index contributed by atoms with van der Waals surface area (Å²) in [5.41, 5.74) is 5.45. The van der Waals surface area contributed by atoms with Crippen LogP contribution in [0.3, 0.4) is 0 Å². The molecule has 0 spiro atoms. The standard InChI is InChI=1S/C15H30N2O/c16-12-8-4-2-1-3-7-11-15(18)17-13-9-5-6-10-14-17/h1-14,16H2. The third-order valence-electron chi connectivity index (χ3n) is 3.80. The van der Waals surface area contributed by atoms with Gasteiger partial charge in [-0.15, -0.1) is 0 Å². The zero-order valence-electron chi connectivity index (χ0n) is 11.8. The molecule has 2 N–H and O–H groups in total. The predicted molar refractivity (Wildman–Crippen MR) is 76.4 cm³/mol. The van der Waals surface area contributed by atoms with Crippen molar-refractivity contribution in [3.63, 3.8) is 0 Å². The molecule has 106 valence electrons. The van der Waals surface area contributed by atoms with Gasteiger partial charge in [-0.25, -0.2) is 0 Å². The highest BCUT2D eigenvalue weighted by Gasteiger charge is 2.14. The Balaban J connectivity index is 1.98. The Morgan fingerprint density at radius 3 is 2.00 bits per heavy atom. The topological polar surface area (TPSA) is 46.3 Å². The van der Waals surface area contributed by atoms with E-state index in [1.807, 2.05) is 0 Å². The second kappa shape index (κ2) is 10.4. The van der Waals surface area contributed by atoms with Crippen LogP contribution in [-0.4, -0.2) is 30.4 Å². The Morgan fingerprint density at radius 2 is 1.39 bits per heavy atom. The van der Waals surface area contributed by atoms with Gasteiger partial charge in [0.1, 0.15) is 0 Å². The van der Waals surface area contributed by atoms with Crippen molar-refractivity contribution in [3.8, 4) is 0 Å². The minimum Gasteiger partial charge on any atom is -0.343 e. The van der Waals surface area contributed by atoms with Crippen molar-refractivity contribution in [2.24, 2.45) is 5.73 Å². The molecule has 1 saturated heterocycles. The molecule has 0 aromatic rings. The van der Waals surface area contributed by atoms with Gasteiger partial charge in [0, 0.05) is 19.5 Å². The maximum absolute atomic E-state index is 12.0. The predicted octanol–water partition coefficient (Wildman–Crippen LogP) is 3.08. The Morgan fingerprint density at radius 1 is 0.833 bits per heavy atom. The SMILES string of the molecule is NCCCCCCCCC(=O)N1CCCCCC1. The first-order valence-corrected chi connectivity index (χ1v) is 7.82. The van der Waals surface area contributed by atoms with E-state index in [4.69, 9.17) is 5.73 Å². The second-order valence-corrected chi connectivity index (χ2v) is 5.45. The van der Waals surface area contributed by atoms with Crippen molar-refractivity contribution in [2.45, 2.75) is 70.6 Å². The Bertz CT molecular complexity index is 211. The van der Waals surface area contributed by atoms with Gasteiger partial charge in [0.25, 0.3) is 0 Å². The van der Waals surface area contributed by atoms with Crippen molar-refractivity contribution in [1.29, 1.82) is 0 Å². The third kappa shape index (κ3) is 7.00. The van der Waals surface area contributed by atoms with Gasteiger partial charge in [0.05, 0.1) is 0 Å². The monoisotopic (exact) mass is 254 g/mol. The molecule has 3 nitrogen and oxygen atoms in total. The van der Waals surface area contributed by atoms with E-state index in [0.717, 1.165) is 38.9 Å². The fraction of sp³-hybridized carbons (Fsp3) is 0.933. The fourth-order valence-corrected chi connectivity index (χ4v) is 2.61. The van der Waals surface area contributed by atoms with Crippen LogP contribution in [0.15, 0.2) is 0 Å². The maximum Gasteiger partial charge on any atom is 0.222 e. The highest BCUT2D eigenvalue weighted by Crippen LogP contribution is 2.13. The van der Waals surface area contributed by atoms with Crippen molar-refractivity contribution in [1.82, 2.24) is 4.90 Å². The molecule has 0 aromatic heterocycles. The van der Waals surface area contributed by atoms with Crippen LogP contribution >= 0.6 is 0 Å². The first kappa shape index (κ1) is 15.5. The summed E-state index contributed by atoms with van der Waals surface area (Å²) in [6.07, 6.45) is 12.9. The molecule has 0 radical (unpaired) electrons. The van der Waals surface area contributed by atoms with E-state index < -0.39 is 0 Å². The summed E-state index contributed by atoms with van der Waals surface area (Å²) in [5.74, 6) is 0.388. The van der Waals surface area contributed by atoms with Crippen LogP contribution in [0.4, 0.5) is 0 Å². The molecule has 1 rings (SSSR count). The van der Waals surface area contributed by atoms with Gasteiger partial charge in [0.15, 0.2) is 0 Å². The van der Waals surface area contributed by atoms with Crippen LogP contribution in [0.2, 0.25) is 0 Å². The molecule has 3 heteroatoms. The number of hydrogen-bond donors (Lipinski definition) is 1. The summed E-state index contributed by atoms with van der Waals surface area (Å²) >= 11 is 0. The molecule has 1 fully saturated rings. The summed E-state index contributed by atoms with van der Waals surface area (Å²) in [6, 6.07) is 0. The lowest BCUT2D eigenvalue weighted by molar-refractivity contribution is -0.131. The minimum absolute atomic E-state index is 0.388. The molecule has 0 bridgehead atoms. The minimum atomic E-state index is 0.388. The Hall–Kier alpha value is -0.570. The normalized spacial score (nSPS) is 16.6. The van der Waals surface area contributed by atoms with E-state index in [9.17, 15) is 4.79 Å². The second-order valence-electron chi connectivity index (χ2n) is 5.45. The first-order chi connectivity index (χ1) is 8.84. The number of amides is 1. The van der Waals surface area contributed by atoms with Gasteiger partial charge in [-0.3, -0.25) is 4.79 Å². The number of unbranched alkanes of at least 4 members (excludes halogenated alkanes) is 5. The average molecular weight is 254 g/mol. The van der Waals surface area contributed by atoms with E-state index in [1.165, 1.54) is 51.4 Å². The van der Waals surface area contributed by atoms with Gasteiger partial charge in [-0.05, 0) is 32.2 Å². The maximum atomic E-state index is 12.0. The van der Waals surface area contributed by atoms with Gasteiger partial charge in [0.2, 0.25) is 5.91 Å². The lowest BCUT2D eigenvalue weighted by atomic mass is 10.1. The van der Waals surface area contributed by atoms with E-state index in [2.05, 4.69) is 4.90 Å². The van der Waals surface area contributed by atoms with E-state index >= 15 is 0 Å². The summed E-state index contributed by atoms with van der Waals surface area (Å²) in [5, 5.41) is 0. The van der Waals surface area contributed by atoms with E-state index in [1.54, 1.807) is 0 Å². The van der Waals surface area contributed by atoms with Crippen LogP contribution in [-0.2, 0) is 4.79 Å². The number of hydrogen-bond acceptors (Lipinski definition) is 2. The van der Waals surface area contributed by atoms with Crippen LogP contribution in [0.1, 0.15) is 70.6 Å². The van der Waals surface area contributed by atoms with Crippen LogP contribution in [0, 0.1) is 0 Å². The Labute approximate surface area is 112 Å². The molecule has 0 saturated carbocycles. The molecule has 1 amide bonds. The zero-order valence-corrected chi connectivity index (χ0v) is 11.8. The zero-order chi connectivity index (χ0) is 13.1. The highest BCUT2D eigenvalue weighted by atomic mass is 16.2. The number of likely N-dealkylation sites (tertiary alicyclic amines) is 1. The quantitative estimate of drug-likeness (QED) is 0.677. The molecule has 1 heterocycles. The van der Waals surface area contributed by atoms with Crippen LogP contribution in [0.25, 0.3) is 0 Å². The van der Waals surface area contributed by atoms with Crippen molar-refractivity contribution < 1.29 is 4.79 Å². The average Bonchev–Trinajstić information content (AvgIpc) is 2.66. The summed E-state index contributed by atoms with van der Waals surface area (Å²) in [7, 11) is 0. The third-order valence-corrected chi connectivity index (χ3v) is 3.80. The summed E-state index contributed by atoms with van der Waals surface area (Å²) in [6.45, 7) is 2.80. The molecule has 0 unspecified atom stereocenters. The van der Waals surface area contributed by atoms with Crippen molar-refractivity contribution in [3.05, 3.63) is 0 Å². The van der Waals surface area contributed by atoms with Gasteiger partial charge in [-0.2, -0.15) is 0 Å². The molecule has 1 aliphatic rings. The number of nitrogens with two attached hydrogens (primary N) is 1. The highest BCUT2D eigenvalue weighted by molar-refractivity contribution is 5.76. The molecular formula is C15H30N2O. The molecule has 0 aromatic carbocycles. The molecule has 18 heavy (non-hydrogen) atoms.